The largest absolute Gasteiger partial charge is 0.511 e. The molecule has 0 aromatic carbocycles. The Morgan fingerprint density at radius 2 is 2.45 bits per heavy atom. The lowest BCUT2D eigenvalue weighted by Crippen LogP contribution is -2.07. The van der Waals surface area contributed by atoms with Crippen molar-refractivity contribution >= 4 is 17.9 Å². The summed E-state index contributed by atoms with van der Waals surface area (Å²) >= 11 is 5.65. The summed E-state index contributed by atoms with van der Waals surface area (Å²) in [7, 11) is 0. The van der Waals surface area contributed by atoms with Crippen LogP contribution >= 0.6 is 11.6 Å². The third kappa shape index (κ3) is 1.46. The number of aldehydes is 1. The van der Waals surface area contributed by atoms with Crippen LogP contribution in [0.2, 0.25) is 0 Å². The first kappa shape index (κ1) is 8.34. The lowest BCUT2D eigenvalue weighted by molar-refractivity contribution is -0.104. The van der Waals surface area contributed by atoms with Gasteiger partial charge in [-0.1, -0.05) is 24.6 Å². The molecule has 0 spiro atoms. The summed E-state index contributed by atoms with van der Waals surface area (Å²) in [5, 5.41) is 9.69. The van der Waals surface area contributed by atoms with E-state index in [4.69, 9.17) is 11.6 Å². The summed E-state index contributed by atoms with van der Waals surface area (Å²) in [6.07, 6.45) is 3.03. The van der Waals surface area contributed by atoms with Gasteiger partial charge in [-0.3, -0.25) is 4.79 Å². The molecule has 1 rings (SSSR count). The van der Waals surface area contributed by atoms with Crippen molar-refractivity contribution in [1.82, 2.24) is 0 Å². The van der Waals surface area contributed by atoms with Crippen LogP contribution in [0.15, 0.2) is 22.4 Å². The van der Waals surface area contributed by atoms with Crippen LogP contribution in [0.3, 0.4) is 0 Å². The van der Waals surface area contributed by atoms with Crippen molar-refractivity contribution in [2.45, 2.75) is 13.3 Å². The van der Waals surface area contributed by atoms with Gasteiger partial charge in [0, 0.05) is 5.92 Å². The number of aliphatic hydroxyl groups is 1. The Morgan fingerprint density at radius 1 is 1.82 bits per heavy atom. The molecule has 0 radical (unpaired) electrons. The molecule has 1 atom stereocenters. The molecular weight excluding hydrogens is 164 g/mol. The average molecular weight is 173 g/mol. The summed E-state index contributed by atoms with van der Waals surface area (Å²) in [5.41, 5.74) is 0.227. The first-order valence-electron chi connectivity index (χ1n) is 3.41. The highest BCUT2D eigenvalue weighted by Gasteiger charge is 2.18. The van der Waals surface area contributed by atoms with Crippen molar-refractivity contribution in [3.63, 3.8) is 0 Å². The number of hydrogen-bond donors (Lipinski definition) is 1. The van der Waals surface area contributed by atoms with Gasteiger partial charge in [-0.15, -0.1) is 0 Å². The lowest BCUT2D eigenvalue weighted by Gasteiger charge is -2.15. The molecule has 11 heavy (non-hydrogen) atoms. The molecule has 1 aliphatic rings. The number of hydrogen-bond acceptors (Lipinski definition) is 2. The third-order valence-corrected chi connectivity index (χ3v) is 2.13. The van der Waals surface area contributed by atoms with Crippen LogP contribution in [0.1, 0.15) is 13.3 Å². The number of rotatable bonds is 1. The molecule has 0 aliphatic heterocycles. The minimum absolute atomic E-state index is 0.0118. The SMILES string of the molecule is CC1CC=C(Cl)C(C=O)=C1O. The molecule has 0 saturated heterocycles. The highest BCUT2D eigenvalue weighted by Crippen LogP contribution is 2.28. The fourth-order valence-corrected chi connectivity index (χ4v) is 1.24. The van der Waals surface area contributed by atoms with Crippen LogP contribution in [0.4, 0.5) is 0 Å². The molecule has 3 heteroatoms. The molecule has 60 valence electrons. The van der Waals surface area contributed by atoms with E-state index in [9.17, 15) is 9.90 Å². The number of allylic oxidation sites excluding steroid dienone is 4. The van der Waals surface area contributed by atoms with Crippen molar-refractivity contribution < 1.29 is 9.90 Å². The second-order valence-corrected chi connectivity index (χ2v) is 3.01. The van der Waals surface area contributed by atoms with Gasteiger partial charge in [-0.2, -0.15) is 0 Å². The zero-order valence-electron chi connectivity index (χ0n) is 6.17. The molecule has 1 aliphatic carbocycles. The van der Waals surface area contributed by atoms with Crippen molar-refractivity contribution in [1.29, 1.82) is 0 Å². The Kier molecular flexibility index (Phi) is 2.35. The molecule has 0 aromatic heterocycles. The minimum Gasteiger partial charge on any atom is -0.511 e. The third-order valence-electron chi connectivity index (χ3n) is 1.77. The summed E-state index contributed by atoms with van der Waals surface area (Å²) in [5.74, 6) is 0.116. The van der Waals surface area contributed by atoms with Gasteiger partial charge in [0.25, 0.3) is 0 Å². The van der Waals surface area contributed by atoms with E-state index >= 15 is 0 Å². The Hall–Kier alpha value is -0.760. The predicted octanol–water partition coefficient (Wildman–Crippen LogP) is 2.16. The standard InChI is InChI=1S/C8H9ClO2/c1-5-2-3-7(9)6(4-10)8(5)11/h3-5,11H,2H2,1H3. The summed E-state index contributed by atoms with van der Waals surface area (Å²) in [4.78, 5) is 10.4. The van der Waals surface area contributed by atoms with Crippen LogP contribution in [-0.2, 0) is 4.79 Å². The predicted molar refractivity (Wildman–Crippen MR) is 43.4 cm³/mol. The second-order valence-electron chi connectivity index (χ2n) is 2.61. The fraction of sp³-hybridized carbons (Fsp3) is 0.375. The number of carbonyl (C=O) groups is 1. The number of aliphatic hydroxyl groups excluding tert-OH is 1. The molecule has 0 amide bonds. The fourth-order valence-electron chi connectivity index (χ4n) is 1.01. The number of halogens is 1. The van der Waals surface area contributed by atoms with Gasteiger partial charge in [-0.05, 0) is 6.42 Å². The van der Waals surface area contributed by atoms with Crippen LogP contribution in [0.5, 0.6) is 0 Å². The summed E-state index contributed by atoms with van der Waals surface area (Å²) in [6.45, 7) is 1.85. The van der Waals surface area contributed by atoms with Crippen molar-refractivity contribution in [2.75, 3.05) is 0 Å². The zero-order chi connectivity index (χ0) is 8.43. The molecule has 0 saturated carbocycles. The Bertz CT molecular complexity index is 240. The highest BCUT2D eigenvalue weighted by atomic mass is 35.5. The van der Waals surface area contributed by atoms with Gasteiger partial charge >= 0.3 is 0 Å². The normalized spacial score (nSPS) is 24.9. The molecule has 0 heterocycles. The van der Waals surface area contributed by atoms with Crippen LogP contribution in [0, 0.1) is 5.92 Å². The van der Waals surface area contributed by atoms with Gasteiger partial charge in [0.2, 0.25) is 0 Å². The Morgan fingerprint density at radius 3 is 2.91 bits per heavy atom. The second kappa shape index (κ2) is 3.09. The maximum Gasteiger partial charge on any atom is 0.154 e. The van der Waals surface area contributed by atoms with Gasteiger partial charge in [-0.25, -0.2) is 0 Å². The monoisotopic (exact) mass is 172 g/mol. The molecule has 0 bridgehead atoms. The molecule has 0 fully saturated rings. The van der Waals surface area contributed by atoms with E-state index in [0.29, 0.717) is 17.7 Å². The van der Waals surface area contributed by atoms with Crippen LogP contribution in [-0.4, -0.2) is 11.4 Å². The van der Waals surface area contributed by atoms with Gasteiger partial charge < -0.3 is 5.11 Å². The topological polar surface area (TPSA) is 37.3 Å². The summed E-state index contributed by atoms with van der Waals surface area (Å²) in [6, 6.07) is 0. The summed E-state index contributed by atoms with van der Waals surface area (Å²) < 4.78 is 0. The van der Waals surface area contributed by atoms with Crippen LogP contribution in [0.25, 0.3) is 0 Å². The van der Waals surface area contributed by atoms with Gasteiger partial charge in [0.15, 0.2) is 6.29 Å². The van der Waals surface area contributed by atoms with E-state index in [-0.39, 0.29) is 17.3 Å². The van der Waals surface area contributed by atoms with Crippen molar-refractivity contribution in [3.8, 4) is 0 Å². The Balaban J connectivity index is 3.05. The van der Waals surface area contributed by atoms with Gasteiger partial charge in [0.1, 0.15) is 5.76 Å². The van der Waals surface area contributed by atoms with E-state index in [1.54, 1.807) is 6.08 Å². The number of carbonyl (C=O) groups excluding carboxylic acids is 1. The molecule has 0 aromatic rings. The molecule has 1 N–H and O–H groups in total. The Labute approximate surface area is 70.2 Å². The van der Waals surface area contributed by atoms with E-state index < -0.39 is 0 Å². The average Bonchev–Trinajstić information content (AvgIpc) is 1.99. The zero-order valence-corrected chi connectivity index (χ0v) is 6.93. The van der Waals surface area contributed by atoms with E-state index in [0.717, 1.165) is 0 Å². The van der Waals surface area contributed by atoms with Crippen molar-refractivity contribution in [3.05, 3.63) is 22.4 Å². The first-order chi connectivity index (χ1) is 5.16. The maximum absolute atomic E-state index is 10.4. The van der Waals surface area contributed by atoms with Crippen LogP contribution < -0.4 is 0 Å². The van der Waals surface area contributed by atoms with Gasteiger partial charge in [0.05, 0.1) is 10.6 Å². The molecular formula is C8H9ClO2. The lowest BCUT2D eigenvalue weighted by atomic mass is 9.96. The quantitative estimate of drug-likeness (QED) is 0.616. The highest BCUT2D eigenvalue weighted by molar-refractivity contribution is 6.34. The smallest absolute Gasteiger partial charge is 0.154 e. The first-order valence-corrected chi connectivity index (χ1v) is 3.79. The molecule has 1 unspecified atom stereocenters. The van der Waals surface area contributed by atoms with E-state index in [1.807, 2.05) is 6.92 Å². The maximum atomic E-state index is 10.4. The van der Waals surface area contributed by atoms with E-state index in [2.05, 4.69) is 0 Å². The minimum atomic E-state index is 0.0118. The van der Waals surface area contributed by atoms with E-state index in [1.165, 1.54) is 0 Å². The molecule has 2 nitrogen and oxygen atoms in total. The van der Waals surface area contributed by atoms with Crippen molar-refractivity contribution in [2.24, 2.45) is 5.92 Å².